The molecule has 11 heteroatoms. The molecule has 3 atom stereocenters. The van der Waals surface area contributed by atoms with E-state index in [1.807, 2.05) is 0 Å². The van der Waals surface area contributed by atoms with Gasteiger partial charge in [0.2, 0.25) is 5.91 Å². The van der Waals surface area contributed by atoms with Gasteiger partial charge in [-0.1, -0.05) is 13.8 Å². The lowest BCUT2D eigenvalue weighted by atomic mass is 9.97. The molecule has 1 aromatic rings. The van der Waals surface area contributed by atoms with E-state index in [1.165, 1.54) is 0 Å². The Labute approximate surface area is 193 Å². The zero-order valence-electron chi connectivity index (χ0n) is 19.3. The molecule has 11 nitrogen and oxygen atoms in total. The van der Waals surface area contributed by atoms with Crippen LogP contribution in [0.2, 0.25) is 0 Å². The van der Waals surface area contributed by atoms with Crippen LogP contribution in [0.3, 0.4) is 0 Å². The number of ketones is 1. The lowest BCUT2D eigenvalue weighted by Gasteiger charge is -2.26. The van der Waals surface area contributed by atoms with E-state index >= 15 is 0 Å². The predicted octanol–water partition coefficient (Wildman–Crippen LogP) is -0.444. The molecule has 184 valence electrons. The summed E-state index contributed by atoms with van der Waals surface area (Å²) in [4.78, 5) is 42.0. The van der Waals surface area contributed by atoms with Crippen molar-refractivity contribution in [1.29, 1.82) is 0 Å². The molecule has 2 amide bonds. The van der Waals surface area contributed by atoms with Crippen molar-refractivity contribution in [1.82, 2.24) is 20.9 Å². The highest BCUT2D eigenvalue weighted by atomic mass is 16.6. The summed E-state index contributed by atoms with van der Waals surface area (Å²) in [6.45, 7) is 4.96. The van der Waals surface area contributed by atoms with Gasteiger partial charge in [-0.05, 0) is 29.5 Å². The molecule has 2 heterocycles. The number of nitrogens with one attached hydrogen (secondary N) is 3. The second kappa shape index (κ2) is 13.8. The van der Waals surface area contributed by atoms with Gasteiger partial charge in [-0.15, -0.1) is 0 Å². The Kier molecular flexibility index (Phi) is 11.2. The second-order valence-corrected chi connectivity index (χ2v) is 8.03. The Bertz CT molecular complexity index is 790. The third-order valence-electron chi connectivity index (χ3n) is 5.21. The van der Waals surface area contributed by atoms with Crippen LogP contribution in [0, 0.1) is 5.92 Å². The lowest BCUT2D eigenvalue weighted by molar-refractivity contribution is -0.135. The highest BCUT2D eigenvalue weighted by Gasteiger charge is 2.32. The largest absolute Gasteiger partial charge is 0.447 e. The average Bonchev–Trinajstić information content (AvgIpc) is 2.84. The third kappa shape index (κ3) is 8.69. The van der Waals surface area contributed by atoms with Gasteiger partial charge >= 0.3 is 6.09 Å². The Morgan fingerprint density at radius 1 is 1.24 bits per heavy atom. The number of hydrogen-bond donors (Lipinski definition) is 4. The molecule has 0 aliphatic carbocycles. The summed E-state index contributed by atoms with van der Waals surface area (Å²) in [6.07, 6.45) is 1.95. The third-order valence-corrected chi connectivity index (χ3v) is 5.21. The molecule has 0 saturated carbocycles. The molecule has 0 saturated heterocycles. The summed E-state index contributed by atoms with van der Waals surface area (Å²) >= 11 is 0. The molecular weight excluding hydrogens is 432 g/mol. The Balaban J connectivity index is 2.00. The van der Waals surface area contributed by atoms with Crippen molar-refractivity contribution in [2.45, 2.75) is 45.0 Å². The molecule has 33 heavy (non-hydrogen) atoms. The fraction of sp³-hybridized carbons (Fsp3) is 0.636. The maximum atomic E-state index is 13.0. The van der Waals surface area contributed by atoms with Crippen LogP contribution in [0.25, 0.3) is 0 Å². The fourth-order valence-corrected chi connectivity index (χ4v) is 3.36. The van der Waals surface area contributed by atoms with E-state index in [9.17, 15) is 19.5 Å². The van der Waals surface area contributed by atoms with Gasteiger partial charge in [-0.25, -0.2) is 4.79 Å². The standard InChI is InChI=1S/C22H34N4O7/c1-14(2)18(26-22(30)33-11-10-32-9-8-31-3)20(28)25-17-12-15-4-6-23-13-16(15)5-7-24-21(29)19(17)27/h4,6,13-14,17-18,21,24,29H,5,7-12H2,1-3H3,(H,25,28)(H,26,30). The van der Waals surface area contributed by atoms with E-state index in [-0.39, 0.29) is 25.6 Å². The van der Waals surface area contributed by atoms with Gasteiger partial charge < -0.3 is 30.0 Å². The van der Waals surface area contributed by atoms with Crippen molar-refractivity contribution < 1.29 is 33.7 Å². The normalized spacial score (nSPS) is 19.6. The summed E-state index contributed by atoms with van der Waals surface area (Å²) in [5.74, 6) is -1.37. The van der Waals surface area contributed by atoms with Crippen molar-refractivity contribution in [3.63, 3.8) is 0 Å². The summed E-state index contributed by atoms with van der Waals surface area (Å²) in [7, 11) is 1.56. The average molecular weight is 467 g/mol. The van der Waals surface area contributed by atoms with Gasteiger partial charge in [-0.2, -0.15) is 0 Å². The number of rotatable bonds is 10. The van der Waals surface area contributed by atoms with Crippen LogP contribution in [0.4, 0.5) is 4.79 Å². The van der Waals surface area contributed by atoms with Crippen molar-refractivity contribution >= 4 is 17.8 Å². The minimum Gasteiger partial charge on any atom is -0.447 e. The topological polar surface area (TPSA) is 148 Å². The maximum absolute atomic E-state index is 13.0. The van der Waals surface area contributed by atoms with E-state index in [0.717, 1.165) is 11.1 Å². The Hall–Kier alpha value is -2.60. The van der Waals surface area contributed by atoms with Gasteiger partial charge in [0.1, 0.15) is 12.6 Å². The minimum atomic E-state index is -1.41. The first-order chi connectivity index (χ1) is 15.8. The Morgan fingerprint density at radius 3 is 2.73 bits per heavy atom. The molecule has 3 unspecified atom stereocenters. The first-order valence-corrected chi connectivity index (χ1v) is 11.0. The zero-order chi connectivity index (χ0) is 24.2. The van der Waals surface area contributed by atoms with Crippen molar-refractivity contribution in [3.05, 3.63) is 29.6 Å². The van der Waals surface area contributed by atoms with E-state index in [1.54, 1.807) is 39.4 Å². The summed E-state index contributed by atoms with van der Waals surface area (Å²) in [5, 5.41) is 18.2. The number of amides is 2. The van der Waals surface area contributed by atoms with Gasteiger partial charge in [-0.3, -0.25) is 19.9 Å². The SMILES string of the molecule is COCCOCCOC(=O)NC(C(=O)NC1Cc2ccncc2CCNC(O)C1=O)C(C)C. The molecule has 1 aliphatic heterocycles. The summed E-state index contributed by atoms with van der Waals surface area (Å²) in [6, 6.07) is -0.120. The van der Waals surface area contributed by atoms with Crippen LogP contribution in [0.5, 0.6) is 0 Å². The number of hydrogen-bond acceptors (Lipinski definition) is 9. The Morgan fingerprint density at radius 2 is 2.00 bits per heavy atom. The first kappa shape index (κ1) is 26.7. The summed E-state index contributed by atoms with van der Waals surface area (Å²) in [5.41, 5.74) is 1.79. The van der Waals surface area contributed by atoms with Crippen LogP contribution < -0.4 is 16.0 Å². The molecule has 1 aromatic heterocycles. The van der Waals surface area contributed by atoms with Crippen LogP contribution in [0.15, 0.2) is 18.5 Å². The number of pyridine rings is 1. The zero-order valence-corrected chi connectivity index (χ0v) is 19.3. The molecule has 0 fully saturated rings. The monoisotopic (exact) mass is 466 g/mol. The molecule has 4 N–H and O–H groups in total. The highest BCUT2D eigenvalue weighted by Crippen LogP contribution is 2.14. The number of carbonyl (C=O) groups is 3. The van der Waals surface area contributed by atoms with Crippen LogP contribution >= 0.6 is 0 Å². The van der Waals surface area contributed by atoms with Gasteiger partial charge in [0.05, 0.1) is 25.9 Å². The van der Waals surface area contributed by atoms with Crippen LogP contribution in [0.1, 0.15) is 25.0 Å². The van der Waals surface area contributed by atoms with E-state index in [4.69, 9.17) is 14.2 Å². The predicted molar refractivity (Wildman–Crippen MR) is 118 cm³/mol. The molecule has 0 spiro atoms. The van der Waals surface area contributed by atoms with E-state index in [0.29, 0.717) is 26.2 Å². The van der Waals surface area contributed by atoms with Gasteiger partial charge in [0, 0.05) is 32.5 Å². The second-order valence-electron chi connectivity index (χ2n) is 8.03. The molecule has 2 rings (SSSR count). The number of aliphatic hydroxyl groups excluding tert-OH is 1. The number of ether oxygens (including phenoxy) is 3. The number of nitrogens with zero attached hydrogens (tertiary/aromatic N) is 1. The van der Waals surface area contributed by atoms with Gasteiger partial charge in [0.15, 0.2) is 12.0 Å². The van der Waals surface area contributed by atoms with E-state index in [2.05, 4.69) is 20.9 Å². The fourth-order valence-electron chi connectivity index (χ4n) is 3.36. The lowest BCUT2D eigenvalue weighted by Crippen LogP contribution is -2.56. The number of aliphatic hydroxyl groups is 1. The maximum Gasteiger partial charge on any atom is 0.407 e. The van der Waals surface area contributed by atoms with Crippen LogP contribution in [-0.2, 0) is 36.6 Å². The number of Topliss-reactive ketones (excluding diaryl/α,β-unsaturated/α-hetero) is 1. The van der Waals surface area contributed by atoms with E-state index < -0.39 is 36.1 Å². The van der Waals surface area contributed by atoms with Crippen LogP contribution in [-0.4, -0.2) is 86.3 Å². The minimum absolute atomic E-state index is 0.0196. The smallest absolute Gasteiger partial charge is 0.407 e. The molecule has 1 aliphatic rings. The van der Waals surface area contributed by atoms with Gasteiger partial charge in [0.25, 0.3) is 0 Å². The number of fused-ring (bicyclic) bond motifs is 1. The number of methoxy groups -OCH3 is 1. The molecule has 0 radical (unpaired) electrons. The number of aromatic nitrogens is 1. The highest BCUT2D eigenvalue weighted by molar-refractivity contribution is 5.94. The first-order valence-electron chi connectivity index (χ1n) is 11.0. The van der Waals surface area contributed by atoms with Crippen molar-refractivity contribution in [3.8, 4) is 0 Å². The number of carbonyl (C=O) groups excluding carboxylic acids is 3. The molecular formula is C22H34N4O7. The quantitative estimate of drug-likeness (QED) is 0.337. The molecule has 0 bridgehead atoms. The van der Waals surface area contributed by atoms with Crippen molar-refractivity contribution in [2.75, 3.05) is 40.1 Å². The van der Waals surface area contributed by atoms with Crippen molar-refractivity contribution in [2.24, 2.45) is 5.92 Å². The molecule has 0 aromatic carbocycles. The summed E-state index contributed by atoms with van der Waals surface area (Å²) < 4.78 is 15.1. The number of alkyl carbamates (subject to hydrolysis) is 1.